The molecule has 15 heavy (non-hydrogen) atoms. The summed E-state index contributed by atoms with van der Waals surface area (Å²) in [5, 5.41) is 8.56. The molecule has 0 fully saturated rings. The van der Waals surface area contributed by atoms with E-state index < -0.39 is 0 Å². The average Bonchev–Trinajstić information content (AvgIpc) is 2.52. The van der Waals surface area contributed by atoms with Crippen LogP contribution in [0.3, 0.4) is 0 Å². The lowest BCUT2D eigenvalue weighted by Crippen LogP contribution is -2.15. The van der Waals surface area contributed by atoms with Gasteiger partial charge in [0, 0.05) is 18.0 Å². The van der Waals surface area contributed by atoms with Crippen LogP contribution in [0, 0.1) is 5.82 Å². The monoisotopic (exact) mass is 227 g/mol. The van der Waals surface area contributed by atoms with Crippen LogP contribution in [0.2, 0.25) is 5.15 Å². The number of benzene rings is 1. The van der Waals surface area contributed by atoms with Gasteiger partial charge in [-0.05, 0) is 19.2 Å². The number of fused-ring (bicyclic) bond motifs is 1. The maximum Gasteiger partial charge on any atom is 0.134 e. The summed E-state index contributed by atoms with van der Waals surface area (Å²) in [5.74, 6) is -0.294. The normalized spacial score (nSPS) is 11.1. The maximum absolute atomic E-state index is 12.9. The highest BCUT2D eigenvalue weighted by Gasteiger charge is 2.08. The molecule has 2 rings (SSSR count). The van der Waals surface area contributed by atoms with Crippen molar-refractivity contribution in [2.75, 3.05) is 13.6 Å². The SMILES string of the molecule is CNCCn1nc2cc(F)ccc2c1Cl. The van der Waals surface area contributed by atoms with Crippen LogP contribution in [-0.2, 0) is 6.54 Å². The molecule has 0 radical (unpaired) electrons. The maximum atomic E-state index is 12.9. The van der Waals surface area contributed by atoms with Crippen LogP contribution in [0.5, 0.6) is 0 Å². The van der Waals surface area contributed by atoms with Crippen molar-refractivity contribution in [1.82, 2.24) is 15.1 Å². The van der Waals surface area contributed by atoms with Crippen LogP contribution in [0.25, 0.3) is 10.9 Å². The minimum Gasteiger partial charge on any atom is -0.318 e. The summed E-state index contributed by atoms with van der Waals surface area (Å²) < 4.78 is 14.6. The van der Waals surface area contributed by atoms with Crippen LogP contribution in [0.15, 0.2) is 18.2 Å². The van der Waals surface area contributed by atoms with Crippen LogP contribution >= 0.6 is 11.6 Å². The van der Waals surface area contributed by atoms with E-state index >= 15 is 0 Å². The van der Waals surface area contributed by atoms with Crippen molar-refractivity contribution in [3.63, 3.8) is 0 Å². The first-order valence-corrected chi connectivity index (χ1v) is 5.06. The zero-order chi connectivity index (χ0) is 10.8. The van der Waals surface area contributed by atoms with Gasteiger partial charge in [-0.25, -0.2) is 4.39 Å². The molecule has 0 saturated heterocycles. The first-order valence-electron chi connectivity index (χ1n) is 4.68. The summed E-state index contributed by atoms with van der Waals surface area (Å²) in [7, 11) is 1.86. The first kappa shape index (κ1) is 10.4. The standard InChI is InChI=1S/C10H11ClFN3/c1-13-4-5-15-10(11)8-3-2-7(12)6-9(8)14-15/h2-3,6,13H,4-5H2,1H3. The highest BCUT2D eigenvalue weighted by Crippen LogP contribution is 2.23. The Kier molecular flexibility index (Phi) is 2.88. The summed E-state index contributed by atoms with van der Waals surface area (Å²) in [6.45, 7) is 1.45. The Labute approximate surface area is 91.8 Å². The van der Waals surface area contributed by atoms with Crippen molar-refractivity contribution in [2.24, 2.45) is 0 Å². The minimum atomic E-state index is -0.294. The zero-order valence-corrected chi connectivity index (χ0v) is 9.05. The average molecular weight is 228 g/mol. The summed E-state index contributed by atoms with van der Waals surface area (Å²) in [4.78, 5) is 0. The molecule has 5 heteroatoms. The van der Waals surface area contributed by atoms with E-state index in [0.29, 0.717) is 17.2 Å². The van der Waals surface area contributed by atoms with Crippen LogP contribution < -0.4 is 5.32 Å². The van der Waals surface area contributed by atoms with E-state index in [1.165, 1.54) is 12.1 Å². The third kappa shape index (κ3) is 1.96. The van der Waals surface area contributed by atoms with Gasteiger partial charge < -0.3 is 5.32 Å². The zero-order valence-electron chi connectivity index (χ0n) is 8.30. The Morgan fingerprint density at radius 2 is 2.33 bits per heavy atom. The first-order chi connectivity index (χ1) is 7.22. The van der Waals surface area contributed by atoms with Gasteiger partial charge in [0.1, 0.15) is 11.0 Å². The third-order valence-corrected chi connectivity index (χ3v) is 2.61. The summed E-state index contributed by atoms with van der Waals surface area (Å²) in [6, 6.07) is 4.42. The van der Waals surface area contributed by atoms with Gasteiger partial charge >= 0.3 is 0 Å². The molecule has 1 aromatic carbocycles. The van der Waals surface area contributed by atoms with Gasteiger partial charge in [-0.2, -0.15) is 5.10 Å². The Balaban J connectivity index is 2.44. The van der Waals surface area contributed by atoms with E-state index in [-0.39, 0.29) is 5.82 Å². The number of likely N-dealkylation sites (N-methyl/N-ethyl adjacent to an activating group) is 1. The summed E-state index contributed by atoms with van der Waals surface area (Å²) >= 11 is 6.10. The van der Waals surface area contributed by atoms with Crippen molar-refractivity contribution in [1.29, 1.82) is 0 Å². The van der Waals surface area contributed by atoms with Gasteiger partial charge in [0.25, 0.3) is 0 Å². The van der Waals surface area contributed by atoms with E-state index in [0.717, 1.165) is 11.9 Å². The Morgan fingerprint density at radius 1 is 1.53 bits per heavy atom. The van der Waals surface area contributed by atoms with Crippen molar-refractivity contribution >= 4 is 22.5 Å². The predicted molar refractivity (Wildman–Crippen MR) is 58.6 cm³/mol. The predicted octanol–water partition coefficient (Wildman–Crippen LogP) is 2.05. The van der Waals surface area contributed by atoms with Gasteiger partial charge in [-0.1, -0.05) is 11.6 Å². The number of aromatic nitrogens is 2. The van der Waals surface area contributed by atoms with E-state index in [1.54, 1.807) is 10.7 Å². The fourth-order valence-corrected chi connectivity index (χ4v) is 1.72. The van der Waals surface area contributed by atoms with E-state index in [2.05, 4.69) is 10.4 Å². The highest BCUT2D eigenvalue weighted by molar-refractivity contribution is 6.34. The number of hydrogen-bond donors (Lipinski definition) is 1. The van der Waals surface area contributed by atoms with Crippen molar-refractivity contribution in [3.05, 3.63) is 29.2 Å². The van der Waals surface area contributed by atoms with Crippen LogP contribution in [-0.4, -0.2) is 23.4 Å². The van der Waals surface area contributed by atoms with Gasteiger partial charge in [-0.15, -0.1) is 0 Å². The summed E-state index contributed by atoms with van der Waals surface area (Å²) in [6.07, 6.45) is 0. The second-order valence-electron chi connectivity index (χ2n) is 3.28. The van der Waals surface area contributed by atoms with Gasteiger partial charge in [-0.3, -0.25) is 4.68 Å². The molecule has 0 amide bonds. The number of halogens is 2. The lowest BCUT2D eigenvalue weighted by molar-refractivity contribution is 0.589. The van der Waals surface area contributed by atoms with Crippen molar-refractivity contribution < 1.29 is 4.39 Å². The van der Waals surface area contributed by atoms with Gasteiger partial charge in [0.2, 0.25) is 0 Å². The third-order valence-electron chi connectivity index (χ3n) is 2.21. The Bertz CT molecular complexity index is 481. The molecule has 2 aromatic rings. The smallest absolute Gasteiger partial charge is 0.134 e. The number of nitrogens with one attached hydrogen (secondary N) is 1. The van der Waals surface area contributed by atoms with E-state index in [1.807, 2.05) is 7.05 Å². The Morgan fingerprint density at radius 3 is 3.07 bits per heavy atom. The summed E-state index contributed by atoms with van der Waals surface area (Å²) in [5.41, 5.74) is 0.594. The molecular weight excluding hydrogens is 217 g/mol. The highest BCUT2D eigenvalue weighted by atomic mass is 35.5. The lowest BCUT2D eigenvalue weighted by atomic mass is 10.2. The molecule has 0 aliphatic heterocycles. The van der Waals surface area contributed by atoms with Gasteiger partial charge in [0.05, 0.1) is 12.1 Å². The molecule has 80 valence electrons. The quantitative estimate of drug-likeness (QED) is 0.870. The molecule has 0 saturated carbocycles. The molecule has 0 bridgehead atoms. The molecule has 1 N–H and O–H groups in total. The van der Waals surface area contributed by atoms with E-state index in [4.69, 9.17) is 11.6 Å². The van der Waals surface area contributed by atoms with E-state index in [9.17, 15) is 4.39 Å². The number of hydrogen-bond acceptors (Lipinski definition) is 2. The molecule has 0 aliphatic carbocycles. The molecular formula is C10H11ClFN3. The van der Waals surface area contributed by atoms with Crippen LogP contribution in [0.1, 0.15) is 0 Å². The number of rotatable bonds is 3. The molecule has 0 unspecified atom stereocenters. The molecule has 0 spiro atoms. The fourth-order valence-electron chi connectivity index (χ4n) is 1.44. The molecule has 1 aromatic heterocycles. The molecule has 1 heterocycles. The second-order valence-corrected chi connectivity index (χ2v) is 3.64. The second kappa shape index (κ2) is 4.16. The van der Waals surface area contributed by atoms with Crippen molar-refractivity contribution in [2.45, 2.75) is 6.54 Å². The van der Waals surface area contributed by atoms with Crippen molar-refractivity contribution in [3.8, 4) is 0 Å². The topological polar surface area (TPSA) is 29.9 Å². The largest absolute Gasteiger partial charge is 0.318 e. The molecule has 0 atom stereocenters. The minimum absolute atomic E-state index is 0.294. The van der Waals surface area contributed by atoms with Gasteiger partial charge in [0.15, 0.2) is 0 Å². The molecule has 3 nitrogen and oxygen atoms in total. The lowest BCUT2D eigenvalue weighted by Gasteiger charge is -2.00. The molecule has 0 aliphatic rings. The number of nitrogens with zero attached hydrogens (tertiary/aromatic N) is 2. The Hall–Kier alpha value is -1.13. The van der Waals surface area contributed by atoms with Crippen LogP contribution in [0.4, 0.5) is 4.39 Å². The fraction of sp³-hybridized carbons (Fsp3) is 0.300.